The lowest BCUT2D eigenvalue weighted by Crippen LogP contribution is -2.22. The molecular weight excluding hydrogens is 916 g/mol. The third kappa shape index (κ3) is 9.21. The fourth-order valence-electron chi connectivity index (χ4n) is 7.42. The van der Waals surface area contributed by atoms with E-state index in [-0.39, 0.29) is 24.7 Å². The number of benzene rings is 6. The van der Waals surface area contributed by atoms with E-state index >= 15 is 0 Å². The molecule has 8 rings (SSSR count). The van der Waals surface area contributed by atoms with Gasteiger partial charge in [-0.1, -0.05) is 76.6 Å². The van der Waals surface area contributed by atoms with Gasteiger partial charge in [0.2, 0.25) is 0 Å². The van der Waals surface area contributed by atoms with Crippen LogP contribution in [0.5, 0.6) is 5.75 Å². The van der Waals surface area contributed by atoms with Gasteiger partial charge >= 0.3 is 11.9 Å². The first-order valence-electron chi connectivity index (χ1n) is 19.5. The SMILES string of the molecule is COc1ccc(Br)c(C(=O)Nc2ccc3ncn(C(CC(=O)OC(=O)CC(c4ccccc4)n4cnc5ccc(NC(=O)c6ccc(Br)cc6C)cc54)c4ccccc4)c3c2)c1. The second kappa shape index (κ2) is 18.4. The van der Waals surface area contributed by atoms with Crippen molar-refractivity contribution in [2.45, 2.75) is 31.8 Å². The summed E-state index contributed by atoms with van der Waals surface area (Å²) in [5, 5.41) is 5.94. The number of carbonyl (C=O) groups excluding carboxylic acids is 4. The monoisotopic (exact) mass is 952 g/mol. The van der Waals surface area contributed by atoms with E-state index in [0.29, 0.717) is 54.8 Å². The lowest BCUT2D eigenvalue weighted by atomic mass is 10.0. The molecule has 0 aliphatic heterocycles. The third-order valence-corrected chi connectivity index (χ3v) is 11.7. The fraction of sp³-hybridized carbons (Fsp3) is 0.125. The minimum atomic E-state index is -0.728. The molecule has 0 aliphatic rings. The maximum atomic E-state index is 13.8. The van der Waals surface area contributed by atoms with Gasteiger partial charge in [0.15, 0.2) is 0 Å². The zero-order valence-electron chi connectivity index (χ0n) is 33.4. The average Bonchev–Trinajstić information content (AvgIpc) is 3.89. The molecule has 310 valence electrons. The van der Waals surface area contributed by atoms with E-state index in [1.165, 1.54) is 7.11 Å². The molecule has 0 saturated heterocycles. The van der Waals surface area contributed by atoms with E-state index in [1.807, 2.05) is 94.9 Å². The van der Waals surface area contributed by atoms with Gasteiger partial charge in [-0.2, -0.15) is 0 Å². The first-order chi connectivity index (χ1) is 30.0. The molecule has 2 amide bonds. The minimum absolute atomic E-state index is 0.188. The molecule has 0 radical (unpaired) electrons. The Labute approximate surface area is 373 Å². The number of ether oxygens (including phenoxy) is 2. The van der Waals surface area contributed by atoms with E-state index < -0.39 is 24.0 Å². The summed E-state index contributed by atoms with van der Waals surface area (Å²) in [5.41, 5.74) is 7.02. The van der Waals surface area contributed by atoms with Crippen LogP contribution in [-0.4, -0.2) is 50.0 Å². The molecule has 0 spiro atoms. The second-order valence-electron chi connectivity index (χ2n) is 14.5. The molecule has 2 N–H and O–H groups in total. The van der Waals surface area contributed by atoms with Crippen molar-refractivity contribution in [1.82, 2.24) is 19.1 Å². The fourth-order valence-corrected chi connectivity index (χ4v) is 8.32. The molecule has 0 fully saturated rings. The third-order valence-electron chi connectivity index (χ3n) is 10.5. The quantitative estimate of drug-likeness (QED) is 0.0858. The number of hydrogen-bond acceptors (Lipinski definition) is 8. The predicted octanol–water partition coefficient (Wildman–Crippen LogP) is 10.5. The van der Waals surface area contributed by atoms with Crippen LogP contribution in [0.3, 0.4) is 0 Å². The van der Waals surface area contributed by atoms with Gasteiger partial charge < -0.3 is 29.2 Å². The number of anilines is 2. The van der Waals surface area contributed by atoms with Crippen LogP contribution in [0.4, 0.5) is 11.4 Å². The number of nitrogens with one attached hydrogen (secondary N) is 2. The molecule has 14 heteroatoms. The van der Waals surface area contributed by atoms with Gasteiger partial charge in [0.25, 0.3) is 11.8 Å². The van der Waals surface area contributed by atoms with E-state index in [4.69, 9.17) is 9.47 Å². The summed E-state index contributed by atoms with van der Waals surface area (Å²) in [7, 11) is 1.53. The lowest BCUT2D eigenvalue weighted by molar-refractivity contribution is -0.160. The molecule has 2 unspecified atom stereocenters. The van der Waals surface area contributed by atoms with Crippen LogP contribution in [0.1, 0.15) is 62.3 Å². The molecule has 8 aromatic rings. The van der Waals surface area contributed by atoms with Crippen molar-refractivity contribution in [3.8, 4) is 5.75 Å². The highest BCUT2D eigenvalue weighted by Gasteiger charge is 2.27. The first-order valence-corrected chi connectivity index (χ1v) is 21.1. The summed E-state index contributed by atoms with van der Waals surface area (Å²) < 4.78 is 16.1. The number of imidazole rings is 2. The highest BCUT2D eigenvalue weighted by atomic mass is 79.9. The summed E-state index contributed by atoms with van der Waals surface area (Å²) in [4.78, 5) is 63.5. The Hall–Kier alpha value is -6.90. The largest absolute Gasteiger partial charge is 0.497 e. The Morgan fingerprint density at radius 3 is 1.63 bits per heavy atom. The lowest BCUT2D eigenvalue weighted by Gasteiger charge is -2.21. The molecule has 12 nitrogen and oxygen atoms in total. The van der Waals surface area contributed by atoms with Crippen LogP contribution in [0, 0.1) is 6.92 Å². The molecule has 6 aromatic carbocycles. The van der Waals surface area contributed by atoms with Gasteiger partial charge in [-0.15, -0.1) is 0 Å². The van der Waals surface area contributed by atoms with Gasteiger partial charge in [-0.3, -0.25) is 19.2 Å². The molecule has 0 aliphatic carbocycles. The van der Waals surface area contributed by atoms with Crippen LogP contribution < -0.4 is 15.4 Å². The van der Waals surface area contributed by atoms with Crippen LogP contribution in [-0.2, 0) is 14.3 Å². The van der Waals surface area contributed by atoms with E-state index in [2.05, 4.69) is 52.5 Å². The van der Waals surface area contributed by atoms with Crippen LogP contribution in [0.2, 0.25) is 0 Å². The Morgan fingerprint density at radius 2 is 1.13 bits per heavy atom. The number of methoxy groups -OCH3 is 1. The number of nitrogens with zero attached hydrogens (tertiary/aromatic N) is 4. The average molecular weight is 955 g/mol. The zero-order chi connectivity index (χ0) is 43.3. The van der Waals surface area contributed by atoms with Crippen molar-refractivity contribution in [3.05, 3.63) is 183 Å². The van der Waals surface area contributed by atoms with Crippen molar-refractivity contribution in [2.24, 2.45) is 0 Å². The van der Waals surface area contributed by atoms with Crippen molar-refractivity contribution in [1.29, 1.82) is 0 Å². The maximum absolute atomic E-state index is 13.8. The Morgan fingerprint density at radius 1 is 0.613 bits per heavy atom. The summed E-state index contributed by atoms with van der Waals surface area (Å²) >= 11 is 6.90. The first kappa shape index (κ1) is 41.8. The zero-order valence-corrected chi connectivity index (χ0v) is 36.6. The smallest absolute Gasteiger partial charge is 0.315 e. The Bertz CT molecular complexity index is 2970. The standard InChI is InChI=1S/C48H38Br2N6O6/c1-29-21-32(49)13-17-36(29)47(59)53-33-14-19-39-43(22-33)55(27-51-39)41(30-9-5-3-6-10-30)25-45(57)62-46(58)26-42(31-11-7-4-8-12-31)56-28-52-40-20-15-34(23-44(40)56)54-48(60)37-24-35(61-2)16-18-38(37)50/h3-24,27-28,41-42H,25-26H2,1-2H3,(H,53,59)(H,54,60). The number of fused-ring (bicyclic) bond motifs is 2. The molecule has 2 aromatic heterocycles. The molecule has 2 atom stereocenters. The number of carbonyl (C=O) groups is 4. The highest BCUT2D eigenvalue weighted by molar-refractivity contribution is 9.10. The van der Waals surface area contributed by atoms with Crippen LogP contribution in [0.15, 0.2) is 155 Å². The second-order valence-corrected chi connectivity index (χ2v) is 16.3. The number of esters is 2. The number of rotatable bonds is 13. The molecule has 62 heavy (non-hydrogen) atoms. The van der Waals surface area contributed by atoms with Crippen molar-refractivity contribution in [2.75, 3.05) is 17.7 Å². The Balaban J connectivity index is 1.03. The van der Waals surface area contributed by atoms with Crippen LogP contribution in [0.25, 0.3) is 22.1 Å². The van der Waals surface area contributed by atoms with Crippen molar-refractivity contribution in [3.63, 3.8) is 0 Å². The maximum Gasteiger partial charge on any atom is 0.315 e. The number of halogens is 2. The summed E-state index contributed by atoms with van der Waals surface area (Å²) in [6.07, 6.45) is 2.89. The van der Waals surface area contributed by atoms with Crippen molar-refractivity contribution >= 4 is 89.1 Å². The predicted molar refractivity (Wildman–Crippen MR) is 244 cm³/mol. The van der Waals surface area contributed by atoms with Gasteiger partial charge in [0, 0.05) is 25.9 Å². The summed E-state index contributed by atoms with van der Waals surface area (Å²) in [6.45, 7) is 1.87. The summed E-state index contributed by atoms with van der Waals surface area (Å²) in [5.74, 6) is -1.52. The number of aryl methyl sites for hydroxylation is 1. The molecular formula is C48H38Br2N6O6. The topological polar surface area (TPSA) is 146 Å². The van der Waals surface area contributed by atoms with Gasteiger partial charge in [0.1, 0.15) is 5.75 Å². The van der Waals surface area contributed by atoms with Gasteiger partial charge in [-0.05, 0) is 112 Å². The number of hydrogen-bond donors (Lipinski definition) is 2. The Kier molecular flexibility index (Phi) is 12.4. The van der Waals surface area contributed by atoms with E-state index in [1.54, 1.807) is 67.3 Å². The molecule has 0 saturated carbocycles. The molecule has 2 heterocycles. The normalized spacial score (nSPS) is 12.1. The van der Waals surface area contributed by atoms with Crippen LogP contribution >= 0.6 is 31.9 Å². The highest BCUT2D eigenvalue weighted by Crippen LogP contribution is 2.32. The number of aromatic nitrogens is 4. The molecule has 0 bridgehead atoms. The van der Waals surface area contributed by atoms with Gasteiger partial charge in [0.05, 0.1) is 72.3 Å². The number of amides is 2. The summed E-state index contributed by atoms with van der Waals surface area (Å²) in [6, 6.07) is 38.9. The minimum Gasteiger partial charge on any atom is -0.497 e. The van der Waals surface area contributed by atoms with E-state index in [9.17, 15) is 19.2 Å². The van der Waals surface area contributed by atoms with Crippen molar-refractivity contribution < 1.29 is 28.7 Å². The van der Waals surface area contributed by atoms with Gasteiger partial charge in [-0.25, -0.2) is 9.97 Å². The van der Waals surface area contributed by atoms with E-state index in [0.717, 1.165) is 21.2 Å².